The molecule has 192 valence electrons. The lowest BCUT2D eigenvalue weighted by atomic mass is 10.1. The third kappa shape index (κ3) is 6.64. The Kier molecular flexibility index (Phi) is 8.81. The lowest BCUT2D eigenvalue weighted by Gasteiger charge is -2.37. The number of nitrogens with zero attached hydrogens (tertiary/aromatic N) is 4. The van der Waals surface area contributed by atoms with Crippen molar-refractivity contribution in [3.05, 3.63) is 23.8 Å². The second-order valence-corrected chi connectivity index (χ2v) is 9.31. The quantitative estimate of drug-likeness (QED) is 0.394. The number of carbonyl (C=O) groups excluding carboxylic acids is 2. The minimum atomic E-state index is -0.384. The minimum Gasteiger partial charge on any atom is -0.454 e. The maximum absolute atomic E-state index is 13.4. The van der Waals surface area contributed by atoms with Crippen LogP contribution in [0, 0.1) is 0 Å². The highest BCUT2D eigenvalue weighted by Crippen LogP contribution is 2.33. The molecular formula is C25H37N5O5. The number of hydrogen-bond acceptors (Lipinski definition) is 8. The van der Waals surface area contributed by atoms with E-state index in [9.17, 15) is 9.59 Å². The topological polar surface area (TPSA) is 95.9 Å². The average molecular weight is 488 g/mol. The van der Waals surface area contributed by atoms with Gasteiger partial charge in [-0.25, -0.2) is 0 Å². The Labute approximate surface area is 207 Å². The van der Waals surface area contributed by atoms with E-state index in [-0.39, 0.29) is 31.2 Å². The lowest BCUT2D eigenvalue weighted by Crippen LogP contribution is -2.54. The first-order valence-corrected chi connectivity index (χ1v) is 12.6. The van der Waals surface area contributed by atoms with Crippen LogP contribution in [0.1, 0.15) is 38.2 Å². The first kappa shape index (κ1) is 25.2. The molecule has 3 aliphatic heterocycles. The Hall–Kier alpha value is -2.85. The molecule has 0 aromatic heterocycles. The van der Waals surface area contributed by atoms with Crippen LogP contribution in [0.3, 0.4) is 0 Å². The van der Waals surface area contributed by atoms with E-state index in [0.29, 0.717) is 32.6 Å². The molecule has 3 aliphatic rings. The van der Waals surface area contributed by atoms with Gasteiger partial charge in [0, 0.05) is 52.2 Å². The Balaban J connectivity index is 1.29. The lowest BCUT2D eigenvalue weighted by molar-refractivity contribution is -0.138. The number of amides is 2. The van der Waals surface area contributed by atoms with Crippen molar-refractivity contribution in [2.24, 2.45) is 5.16 Å². The van der Waals surface area contributed by atoms with Crippen molar-refractivity contribution in [2.45, 2.75) is 45.2 Å². The summed E-state index contributed by atoms with van der Waals surface area (Å²) in [5, 5.41) is 7.05. The van der Waals surface area contributed by atoms with Crippen LogP contribution in [0.5, 0.6) is 11.5 Å². The fourth-order valence-electron chi connectivity index (χ4n) is 4.84. The molecule has 2 saturated heterocycles. The Morgan fingerprint density at radius 2 is 1.94 bits per heavy atom. The highest BCUT2D eigenvalue weighted by atomic mass is 16.7. The van der Waals surface area contributed by atoms with E-state index in [2.05, 4.69) is 28.4 Å². The molecule has 0 spiro atoms. The van der Waals surface area contributed by atoms with E-state index < -0.39 is 0 Å². The molecule has 1 aromatic rings. The second kappa shape index (κ2) is 12.2. The molecule has 3 heterocycles. The third-order valence-corrected chi connectivity index (χ3v) is 6.74. The summed E-state index contributed by atoms with van der Waals surface area (Å²) in [4.78, 5) is 37.1. The molecule has 0 radical (unpaired) electrons. The van der Waals surface area contributed by atoms with Crippen LogP contribution in [0.4, 0.5) is 0 Å². The molecule has 1 atom stereocenters. The van der Waals surface area contributed by atoms with Crippen molar-refractivity contribution in [1.82, 2.24) is 20.0 Å². The van der Waals surface area contributed by atoms with Gasteiger partial charge in [0.25, 0.3) is 0 Å². The fraction of sp³-hybridized carbons (Fsp3) is 0.640. The number of oxime groups is 1. The van der Waals surface area contributed by atoms with Crippen LogP contribution in [0.2, 0.25) is 0 Å². The summed E-state index contributed by atoms with van der Waals surface area (Å²) in [5.41, 5.74) is 1.97. The van der Waals surface area contributed by atoms with Gasteiger partial charge in [0.05, 0.1) is 18.3 Å². The monoisotopic (exact) mass is 487 g/mol. The van der Waals surface area contributed by atoms with Crippen molar-refractivity contribution in [2.75, 3.05) is 59.7 Å². The summed E-state index contributed by atoms with van der Waals surface area (Å²) in [6, 6.07) is 5.65. The smallest absolute Gasteiger partial charge is 0.240 e. The number of carbonyl (C=O) groups is 2. The number of hydrogen-bond donors (Lipinski definition) is 1. The molecule has 0 saturated carbocycles. The second-order valence-electron chi connectivity index (χ2n) is 9.31. The van der Waals surface area contributed by atoms with E-state index in [1.54, 1.807) is 0 Å². The van der Waals surface area contributed by atoms with Gasteiger partial charge in [0.1, 0.15) is 7.11 Å². The predicted molar refractivity (Wildman–Crippen MR) is 131 cm³/mol. The number of piperazine rings is 1. The van der Waals surface area contributed by atoms with E-state index in [1.807, 2.05) is 21.9 Å². The molecule has 1 aromatic carbocycles. The van der Waals surface area contributed by atoms with Gasteiger partial charge in [-0.1, -0.05) is 31.0 Å². The summed E-state index contributed by atoms with van der Waals surface area (Å²) in [7, 11) is 1.51. The maximum Gasteiger partial charge on any atom is 0.240 e. The van der Waals surface area contributed by atoms with Crippen molar-refractivity contribution in [3.63, 3.8) is 0 Å². The molecule has 1 N–H and O–H groups in total. The van der Waals surface area contributed by atoms with Gasteiger partial charge < -0.3 is 24.5 Å². The fourth-order valence-corrected chi connectivity index (χ4v) is 4.84. The summed E-state index contributed by atoms with van der Waals surface area (Å²) >= 11 is 0. The van der Waals surface area contributed by atoms with E-state index in [4.69, 9.17) is 14.3 Å². The van der Waals surface area contributed by atoms with Gasteiger partial charge in [-0.05, 0) is 24.1 Å². The number of ether oxygens (including phenoxy) is 2. The highest BCUT2D eigenvalue weighted by molar-refractivity contribution is 5.97. The Morgan fingerprint density at radius 1 is 1.14 bits per heavy atom. The summed E-state index contributed by atoms with van der Waals surface area (Å²) < 4.78 is 10.9. The van der Waals surface area contributed by atoms with E-state index in [0.717, 1.165) is 56.1 Å². The number of nitrogens with one attached hydrogen (secondary N) is 1. The summed E-state index contributed by atoms with van der Waals surface area (Å²) in [5.74, 6) is 1.59. The highest BCUT2D eigenvalue weighted by Gasteiger charge is 2.39. The zero-order valence-corrected chi connectivity index (χ0v) is 20.8. The molecule has 10 nitrogen and oxygen atoms in total. The zero-order valence-electron chi connectivity index (χ0n) is 20.8. The molecule has 4 rings (SSSR count). The molecule has 2 amide bonds. The van der Waals surface area contributed by atoms with E-state index in [1.165, 1.54) is 12.7 Å². The third-order valence-electron chi connectivity index (χ3n) is 6.74. The number of fused-ring (bicyclic) bond motifs is 1. The van der Waals surface area contributed by atoms with Crippen LogP contribution in [0.25, 0.3) is 0 Å². The number of unbranched alkanes of at least 4 members (excludes halogenated alkanes) is 2. The molecule has 1 unspecified atom stereocenters. The van der Waals surface area contributed by atoms with Crippen LogP contribution in [-0.2, 0) is 21.0 Å². The maximum atomic E-state index is 13.4. The molecule has 35 heavy (non-hydrogen) atoms. The molecule has 0 aliphatic carbocycles. The molecule has 2 fully saturated rings. The van der Waals surface area contributed by atoms with Crippen LogP contribution >= 0.6 is 0 Å². The van der Waals surface area contributed by atoms with Gasteiger partial charge in [-0.3, -0.25) is 19.4 Å². The zero-order chi connectivity index (χ0) is 24.6. The minimum absolute atomic E-state index is 0.0499. The first-order chi connectivity index (χ1) is 17.1. The number of benzene rings is 1. The van der Waals surface area contributed by atoms with Gasteiger partial charge in [0.2, 0.25) is 18.6 Å². The van der Waals surface area contributed by atoms with Gasteiger partial charge in [-0.2, -0.15) is 0 Å². The number of likely N-dealkylation sites (tertiary alicyclic amines) is 1. The SMILES string of the molecule is CCCCCNC(=O)CN1CC(=NOC)CC1C(=O)N1CCN(Cc2ccc3c(c2)OCO3)CC1. The van der Waals surface area contributed by atoms with Crippen molar-refractivity contribution < 1.29 is 23.9 Å². The van der Waals surface area contributed by atoms with Gasteiger partial charge in [-0.15, -0.1) is 0 Å². The standard InChI is InChI=1S/C25H37N5O5/c1-3-4-5-8-26-24(31)17-30-16-20(27-33-2)14-21(30)25(32)29-11-9-28(10-12-29)15-19-6-7-22-23(13-19)35-18-34-22/h6-7,13,21H,3-5,8-12,14-18H2,1-2H3,(H,26,31). The normalized spacial score (nSPS) is 21.5. The Morgan fingerprint density at radius 3 is 2.71 bits per heavy atom. The average Bonchev–Trinajstić information content (AvgIpc) is 3.48. The van der Waals surface area contributed by atoms with Crippen LogP contribution in [0.15, 0.2) is 23.4 Å². The van der Waals surface area contributed by atoms with Crippen molar-refractivity contribution in [1.29, 1.82) is 0 Å². The molecule has 0 bridgehead atoms. The predicted octanol–water partition coefficient (Wildman–Crippen LogP) is 1.44. The van der Waals surface area contributed by atoms with E-state index >= 15 is 0 Å². The Bertz CT molecular complexity index is 916. The number of rotatable bonds is 10. The summed E-state index contributed by atoms with van der Waals surface area (Å²) in [6.45, 7) is 7.45. The van der Waals surface area contributed by atoms with Gasteiger partial charge >= 0.3 is 0 Å². The molecular weight excluding hydrogens is 450 g/mol. The molecule has 10 heteroatoms. The summed E-state index contributed by atoms with van der Waals surface area (Å²) in [6.07, 6.45) is 3.67. The first-order valence-electron chi connectivity index (χ1n) is 12.6. The van der Waals surface area contributed by atoms with Crippen LogP contribution < -0.4 is 14.8 Å². The van der Waals surface area contributed by atoms with Crippen molar-refractivity contribution >= 4 is 17.5 Å². The van der Waals surface area contributed by atoms with Crippen LogP contribution in [-0.4, -0.2) is 98.0 Å². The van der Waals surface area contributed by atoms with Gasteiger partial charge in [0.15, 0.2) is 11.5 Å². The largest absolute Gasteiger partial charge is 0.454 e. The van der Waals surface area contributed by atoms with Crippen molar-refractivity contribution in [3.8, 4) is 11.5 Å².